The van der Waals surface area contributed by atoms with Gasteiger partial charge in [0.05, 0.1) is 5.45 Å². The number of benzene rings is 1. The molecule has 0 bridgehead atoms. The van der Waals surface area contributed by atoms with E-state index in [9.17, 15) is 0 Å². The molecule has 1 rings (SSSR count). The summed E-state index contributed by atoms with van der Waals surface area (Å²) in [5.74, 6) is 0. The lowest BCUT2D eigenvalue weighted by Crippen LogP contribution is -2.33. The fraction of sp³-hybridized carbons (Fsp3) is 0.571. The zero-order valence-electron chi connectivity index (χ0n) is 10.9. The van der Waals surface area contributed by atoms with Crippen molar-refractivity contribution in [2.45, 2.75) is 40.0 Å². The van der Waals surface area contributed by atoms with Gasteiger partial charge >= 0.3 is 0 Å². The Morgan fingerprint density at radius 3 is 2.31 bits per heavy atom. The van der Waals surface area contributed by atoms with Crippen molar-refractivity contribution in [2.24, 2.45) is 0 Å². The number of halogens is 1. The van der Waals surface area contributed by atoms with E-state index in [0.717, 1.165) is 12.0 Å². The van der Waals surface area contributed by atoms with Crippen LogP contribution in [0.1, 0.15) is 36.1 Å². The summed E-state index contributed by atoms with van der Waals surface area (Å²) in [6.45, 7) is 12.2. The van der Waals surface area contributed by atoms with Gasteiger partial charge in [-0.2, -0.15) is 0 Å². The van der Waals surface area contributed by atoms with Crippen LogP contribution >= 0.6 is 15.9 Å². The summed E-state index contributed by atoms with van der Waals surface area (Å²) in [5.41, 5.74) is 6.71. The molecule has 2 heteroatoms. The molecule has 0 fully saturated rings. The van der Waals surface area contributed by atoms with Crippen LogP contribution in [-0.2, 0) is 5.41 Å². The highest BCUT2D eigenvalue weighted by molar-refractivity contribution is 9.09. The summed E-state index contributed by atoms with van der Waals surface area (Å²) < 4.78 is 0. The highest BCUT2D eigenvalue weighted by Gasteiger charge is 2.22. The summed E-state index contributed by atoms with van der Waals surface area (Å²) in [7, 11) is 0. The predicted octanol–water partition coefficient (Wildman–Crippen LogP) is 3.83. The Labute approximate surface area is 108 Å². The Bertz CT molecular complexity index is 369. The van der Waals surface area contributed by atoms with E-state index in [0.29, 0.717) is 0 Å². The average Bonchev–Trinajstić information content (AvgIpc) is 2.23. The standard InChI is InChI=1S/C14H22BrN/c1-10-6-7-13(12(3)11(10)2)14(4,5)8-16-9-15/h6-7,16H,8-9H2,1-5H3. The third-order valence-electron chi connectivity index (χ3n) is 3.45. The zero-order chi connectivity index (χ0) is 12.3. The van der Waals surface area contributed by atoms with Crippen LogP contribution in [0.5, 0.6) is 0 Å². The summed E-state index contributed by atoms with van der Waals surface area (Å²) in [6, 6.07) is 4.50. The predicted molar refractivity (Wildman–Crippen MR) is 75.5 cm³/mol. The molecule has 1 nitrogen and oxygen atoms in total. The number of aryl methyl sites for hydroxylation is 1. The lowest BCUT2D eigenvalue weighted by atomic mass is 9.80. The van der Waals surface area contributed by atoms with Crippen molar-refractivity contribution >= 4 is 15.9 Å². The number of hydrogen-bond donors (Lipinski definition) is 1. The van der Waals surface area contributed by atoms with Crippen molar-refractivity contribution in [2.75, 3.05) is 12.0 Å². The van der Waals surface area contributed by atoms with Crippen LogP contribution in [0.15, 0.2) is 12.1 Å². The van der Waals surface area contributed by atoms with Gasteiger partial charge < -0.3 is 5.32 Å². The highest BCUT2D eigenvalue weighted by Crippen LogP contribution is 2.28. The van der Waals surface area contributed by atoms with E-state index >= 15 is 0 Å². The molecule has 0 unspecified atom stereocenters. The van der Waals surface area contributed by atoms with Crippen molar-refractivity contribution in [1.82, 2.24) is 5.32 Å². The first-order chi connectivity index (χ1) is 7.40. The van der Waals surface area contributed by atoms with Gasteiger partial charge in [0.2, 0.25) is 0 Å². The molecule has 1 aromatic rings. The monoisotopic (exact) mass is 283 g/mol. The molecule has 90 valence electrons. The second-order valence-corrected chi connectivity index (χ2v) is 5.69. The van der Waals surface area contributed by atoms with Crippen LogP contribution in [-0.4, -0.2) is 12.0 Å². The zero-order valence-corrected chi connectivity index (χ0v) is 12.5. The molecule has 16 heavy (non-hydrogen) atoms. The van der Waals surface area contributed by atoms with Crippen LogP contribution < -0.4 is 5.32 Å². The van der Waals surface area contributed by atoms with Crippen LogP contribution in [0.2, 0.25) is 0 Å². The third-order valence-corrected chi connectivity index (χ3v) is 3.85. The molecule has 1 aromatic carbocycles. The van der Waals surface area contributed by atoms with Gasteiger partial charge in [-0.1, -0.05) is 41.9 Å². The van der Waals surface area contributed by atoms with Gasteiger partial charge in [-0.05, 0) is 43.0 Å². The van der Waals surface area contributed by atoms with E-state index in [1.807, 2.05) is 0 Å². The molecule has 0 saturated heterocycles. The Morgan fingerprint density at radius 2 is 1.75 bits per heavy atom. The number of alkyl halides is 1. The minimum Gasteiger partial charge on any atom is -0.306 e. The maximum absolute atomic E-state index is 3.41. The molecule has 0 aromatic heterocycles. The number of rotatable bonds is 4. The van der Waals surface area contributed by atoms with E-state index in [-0.39, 0.29) is 5.41 Å². The molecule has 0 saturated carbocycles. The molecular formula is C14H22BrN. The molecule has 1 N–H and O–H groups in total. The average molecular weight is 284 g/mol. The van der Waals surface area contributed by atoms with Crippen molar-refractivity contribution in [1.29, 1.82) is 0 Å². The van der Waals surface area contributed by atoms with Crippen molar-refractivity contribution in [3.63, 3.8) is 0 Å². The normalized spacial score (nSPS) is 11.9. The minimum atomic E-state index is 0.177. The van der Waals surface area contributed by atoms with E-state index in [2.05, 4.69) is 68.0 Å². The van der Waals surface area contributed by atoms with Gasteiger partial charge in [0.25, 0.3) is 0 Å². The van der Waals surface area contributed by atoms with Crippen molar-refractivity contribution in [3.05, 3.63) is 34.4 Å². The van der Waals surface area contributed by atoms with Gasteiger partial charge in [0.15, 0.2) is 0 Å². The van der Waals surface area contributed by atoms with Crippen LogP contribution in [0.25, 0.3) is 0 Å². The summed E-state index contributed by atoms with van der Waals surface area (Å²) in [6.07, 6.45) is 0. The molecule has 0 radical (unpaired) electrons. The van der Waals surface area contributed by atoms with Crippen LogP contribution in [0.3, 0.4) is 0 Å². The van der Waals surface area contributed by atoms with Gasteiger partial charge in [-0.15, -0.1) is 0 Å². The minimum absolute atomic E-state index is 0.177. The second kappa shape index (κ2) is 5.33. The molecule has 0 aliphatic heterocycles. The first kappa shape index (κ1) is 13.7. The van der Waals surface area contributed by atoms with E-state index in [1.165, 1.54) is 22.3 Å². The summed E-state index contributed by atoms with van der Waals surface area (Å²) >= 11 is 3.41. The van der Waals surface area contributed by atoms with Crippen LogP contribution in [0.4, 0.5) is 0 Å². The fourth-order valence-electron chi connectivity index (χ4n) is 2.14. The van der Waals surface area contributed by atoms with Crippen LogP contribution in [0, 0.1) is 20.8 Å². The Morgan fingerprint density at radius 1 is 1.12 bits per heavy atom. The molecule has 0 heterocycles. The van der Waals surface area contributed by atoms with E-state index < -0.39 is 0 Å². The molecular weight excluding hydrogens is 262 g/mol. The molecule has 0 aliphatic rings. The molecule has 0 amide bonds. The summed E-state index contributed by atoms with van der Waals surface area (Å²) in [4.78, 5) is 0. The SMILES string of the molecule is Cc1ccc(C(C)(C)CNCBr)c(C)c1C. The molecule has 0 spiro atoms. The first-order valence-corrected chi connectivity index (χ1v) is 6.86. The topological polar surface area (TPSA) is 12.0 Å². The smallest absolute Gasteiger partial charge is 0.0517 e. The maximum Gasteiger partial charge on any atom is 0.0517 e. The highest BCUT2D eigenvalue weighted by atomic mass is 79.9. The van der Waals surface area contributed by atoms with E-state index in [1.54, 1.807) is 0 Å². The largest absolute Gasteiger partial charge is 0.306 e. The second-order valence-electron chi connectivity index (χ2n) is 5.12. The quantitative estimate of drug-likeness (QED) is 0.654. The maximum atomic E-state index is 3.41. The fourth-order valence-corrected chi connectivity index (χ4v) is 2.34. The van der Waals surface area contributed by atoms with E-state index in [4.69, 9.17) is 0 Å². The Balaban J connectivity index is 3.08. The summed E-state index contributed by atoms with van der Waals surface area (Å²) in [5, 5.41) is 3.36. The Kier molecular flexibility index (Phi) is 4.57. The molecule has 0 atom stereocenters. The molecule has 0 aliphatic carbocycles. The lowest BCUT2D eigenvalue weighted by Gasteiger charge is -2.28. The number of nitrogens with one attached hydrogen (secondary N) is 1. The lowest BCUT2D eigenvalue weighted by molar-refractivity contribution is 0.488. The first-order valence-electron chi connectivity index (χ1n) is 5.74. The van der Waals surface area contributed by atoms with Crippen molar-refractivity contribution in [3.8, 4) is 0 Å². The van der Waals surface area contributed by atoms with Crippen molar-refractivity contribution < 1.29 is 0 Å². The van der Waals surface area contributed by atoms with Gasteiger partial charge in [0.1, 0.15) is 0 Å². The van der Waals surface area contributed by atoms with Gasteiger partial charge in [0, 0.05) is 12.0 Å². The Hall–Kier alpha value is -0.340. The van der Waals surface area contributed by atoms with Gasteiger partial charge in [-0.25, -0.2) is 0 Å². The third kappa shape index (κ3) is 2.86. The number of hydrogen-bond acceptors (Lipinski definition) is 1. The van der Waals surface area contributed by atoms with Gasteiger partial charge in [-0.3, -0.25) is 0 Å².